The standard InChI is InChI=1S/C12H15F2NO3/c1-2-3-8(11(16)17)9-6-7(18-12(13)14)4-5-10(9)15/h4-6,8,12H,2-3,15H2,1H3,(H,16,17). The number of nitrogen functional groups attached to an aromatic ring is 1. The molecule has 6 heteroatoms. The normalized spacial score (nSPS) is 12.4. The van der Waals surface area contributed by atoms with Crippen molar-refractivity contribution in [1.29, 1.82) is 0 Å². The first-order valence-electron chi connectivity index (χ1n) is 5.52. The first-order chi connectivity index (χ1) is 8.45. The van der Waals surface area contributed by atoms with E-state index >= 15 is 0 Å². The van der Waals surface area contributed by atoms with Crippen LogP contribution in [-0.2, 0) is 4.79 Å². The summed E-state index contributed by atoms with van der Waals surface area (Å²) in [6.07, 6.45) is 1.04. The fourth-order valence-corrected chi connectivity index (χ4v) is 1.73. The van der Waals surface area contributed by atoms with E-state index in [1.165, 1.54) is 18.2 Å². The summed E-state index contributed by atoms with van der Waals surface area (Å²) in [6.45, 7) is -1.11. The Labute approximate surface area is 103 Å². The maximum Gasteiger partial charge on any atom is 0.387 e. The van der Waals surface area contributed by atoms with E-state index in [0.29, 0.717) is 18.4 Å². The van der Waals surface area contributed by atoms with Gasteiger partial charge in [-0.25, -0.2) is 0 Å². The number of ether oxygens (including phenoxy) is 1. The molecule has 0 saturated carbocycles. The van der Waals surface area contributed by atoms with Crippen LogP contribution in [0.1, 0.15) is 31.2 Å². The zero-order chi connectivity index (χ0) is 13.7. The van der Waals surface area contributed by atoms with Crippen molar-refractivity contribution in [1.82, 2.24) is 0 Å². The van der Waals surface area contributed by atoms with Gasteiger partial charge in [-0.3, -0.25) is 4.79 Å². The van der Waals surface area contributed by atoms with Crippen molar-refractivity contribution in [3.63, 3.8) is 0 Å². The van der Waals surface area contributed by atoms with Crippen LogP contribution in [0.25, 0.3) is 0 Å². The average molecular weight is 259 g/mol. The van der Waals surface area contributed by atoms with Crippen LogP contribution in [0.2, 0.25) is 0 Å². The van der Waals surface area contributed by atoms with Crippen LogP contribution in [0.15, 0.2) is 18.2 Å². The molecule has 0 spiro atoms. The predicted octanol–water partition coefficient (Wildman–Crippen LogP) is 2.84. The minimum absolute atomic E-state index is 0.0865. The van der Waals surface area contributed by atoms with Gasteiger partial charge in [0.25, 0.3) is 0 Å². The van der Waals surface area contributed by atoms with E-state index in [4.69, 9.17) is 10.8 Å². The lowest BCUT2D eigenvalue weighted by molar-refractivity contribution is -0.139. The molecule has 0 bridgehead atoms. The highest BCUT2D eigenvalue weighted by molar-refractivity contribution is 5.78. The molecule has 0 heterocycles. The average Bonchev–Trinajstić information content (AvgIpc) is 2.28. The Bertz CT molecular complexity index is 424. The molecular weight excluding hydrogens is 244 g/mol. The molecule has 0 aliphatic carbocycles. The number of benzene rings is 1. The van der Waals surface area contributed by atoms with Crippen LogP contribution in [0.4, 0.5) is 14.5 Å². The van der Waals surface area contributed by atoms with E-state index in [2.05, 4.69) is 4.74 Å². The zero-order valence-corrected chi connectivity index (χ0v) is 9.90. The topological polar surface area (TPSA) is 72.5 Å². The van der Waals surface area contributed by atoms with Crippen LogP contribution in [0.5, 0.6) is 5.75 Å². The SMILES string of the molecule is CCCC(C(=O)O)c1cc(OC(F)F)ccc1N. The van der Waals surface area contributed by atoms with E-state index in [0.717, 1.165) is 0 Å². The molecule has 1 rings (SSSR count). The number of halogens is 2. The Balaban J connectivity index is 3.07. The van der Waals surface area contributed by atoms with Gasteiger partial charge in [0.1, 0.15) is 5.75 Å². The van der Waals surface area contributed by atoms with Crippen LogP contribution < -0.4 is 10.5 Å². The number of hydrogen-bond acceptors (Lipinski definition) is 3. The van der Waals surface area contributed by atoms with Crippen LogP contribution in [-0.4, -0.2) is 17.7 Å². The van der Waals surface area contributed by atoms with Gasteiger partial charge in [-0.1, -0.05) is 13.3 Å². The smallest absolute Gasteiger partial charge is 0.387 e. The number of nitrogens with two attached hydrogens (primary N) is 1. The van der Waals surface area contributed by atoms with Gasteiger partial charge >= 0.3 is 12.6 Å². The lowest BCUT2D eigenvalue weighted by atomic mass is 9.93. The van der Waals surface area contributed by atoms with Crippen LogP contribution in [0.3, 0.4) is 0 Å². The molecule has 1 atom stereocenters. The summed E-state index contributed by atoms with van der Waals surface area (Å²) in [5.74, 6) is -1.93. The van der Waals surface area contributed by atoms with Gasteiger partial charge in [0.15, 0.2) is 0 Å². The molecule has 0 aromatic heterocycles. The highest BCUT2D eigenvalue weighted by atomic mass is 19.3. The van der Waals surface area contributed by atoms with Crippen molar-refractivity contribution in [2.45, 2.75) is 32.3 Å². The summed E-state index contributed by atoms with van der Waals surface area (Å²) in [7, 11) is 0. The zero-order valence-electron chi connectivity index (χ0n) is 9.90. The summed E-state index contributed by atoms with van der Waals surface area (Å²) in [6, 6.07) is 3.92. The van der Waals surface area contributed by atoms with Crippen molar-refractivity contribution in [3.05, 3.63) is 23.8 Å². The molecule has 4 nitrogen and oxygen atoms in total. The molecule has 100 valence electrons. The first kappa shape index (κ1) is 14.2. The fourth-order valence-electron chi connectivity index (χ4n) is 1.73. The number of carbonyl (C=O) groups is 1. The first-order valence-corrected chi connectivity index (χ1v) is 5.52. The molecule has 0 saturated heterocycles. The van der Waals surface area contributed by atoms with Gasteiger partial charge in [-0.2, -0.15) is 8.78 Å². The molecule has 1 aromatic carbocycles. The summed E-state index contributed by atoms with van der Waals surface area (Å²) >= 11 is 0. The highest BCUT2D eigenvalue weighted by Crippen LogP contribution is 2.30. The molecule has 0 amide bonds. The predicted molar refractivity (Wildman–Crippen MR) is 62.8 cm³/mol. The maximum absolute atomic E-state index is 12.1. The second-order valence-corrected chi connectivity index (χ2v) is 3.85. The van der Waals surface area contributed by atoms with Gasteiger partial charge in [-0.05, 0) is 30.2 Å². The number of anilines is 1. The van der Waals surface area contributed by atoms with E-state index < -0.39 is 18.5 Å². The quantitative estimate of drug-likeness (QED) is 0.770. The van der Waals surface area contributed by atoms with Crippen molar-refractivity contribution in [2.75, 3.05) is 5.73 Å². The number of carboxylic acid groups (broad SMARTS) is 1. The van der Waals surface area contributed by atoms with Gasteiger partial charge < -0.3 is 15.6 Å². The molecule has 0 aliphatic heterocycles. The van der Waals surface area contributed by atoms with Crippen molar-refractivity contribution < 1.29 is 23.4 Å². The molecule has 0 aliphatic rings. The monoisotopic (exact) mass is 259 g/mol. The number of alkyl halides is 2. The van der Waals surface area contributed by atoms with E-state index in [1.807, 2.05) is 6.92 Å². The Hall–Kier alpha value is -1.85. The van der Waals surface area contributed by atoms with E-state index in [1.54, 1.807) is 0 Å². The third-order valence-electron chi connectivity index (χ3n) is 2.53. The van der Waals surface area contributed by atoms with Gasteiger partial charge in [0, 0.05) is 5.69 Å². The molecule has 1 unspecified atom stereocenters. The highest BCUT2D eigenvalue weighted by Gasteiger charge is 2.22. The van der Waals surface area contributed by atoms with E-state index in [-0.39, 0.29) is 11.4 Å². The molecule has 18 heavy (non-hydrogen) atoms. The lowest BCUT2D eigenvalue weighted by Crippen LogP contribution is -2.14. The maximum atomic E-state index is 12.1. The Morgan fingerprint density at radius 1 is 1.50 bits per heavy atom. The third kappa shape index (κ3) is 3.58. The molecule has 0 radical (unpaired) electrons. The summed E-state index contributed by atoms with van der Waals surface area (Å²) in [4.78, 5) is 11.1. The van der Waals surface area contributed by atoms with Crippen molar-refractivity contribution >= 4 is 11.7 Å². The number of carboxylic acids is 1. The molecule has 1 aromatic rings. The Morgan fingerprint density at radius 3 is 2.67 bits per heavy atom. The minimum Gasteiger partial charge on any atom is -0.481 e. The second-order valence-electron chi connectivity index (χ2n) is 3.85. The summed E-state index contributed by atoms with van der Waals surface area (Å²) < 4.78 is 28.4. The van der Waals surface area contributed by atoms with Crippen LogP contribution >= 0.6 is 0 Å². The molecular formula is C12H15F2NO3. The Morgan fingerprint density at radius 2 is 2.17 bits per heavy atom. The summed E-state index contributed by atoms with van der Waals surface area (Å²) in [5.41, 5.74) is 6.25. The van der Waals surface area contributed by atoms with E-state index in [9.17, 15) is 13.6 Å². The third-order valence-corrected chi connectivity index (χ3v) is 2.53. The molecule has 0 fully saturated rings. The molecule has 3 N–H and O–H groups in total. The lowest BCUT2D eigenvalue weighted by Gasteiger charge is -2.15. The van der Waals surface area contributed by atoms with Crippen molar-refractivity contribution in [2.24, 2.45) is 0 Å². The summed E-state index contributed by atoms with van der Waals surface area (Å²) in [5, 5.41) is 9.11. The van der Waals surface area contributed by atoms with Gasteiger partial charge in [-0.15, -0.1) is 0 Å². The van der Waals surface area contributed by atoms with Crippen LogP contribution in [0, 0.1) is 0 Å². The number of rotatable bonds is 6. The van der Waals surface area contributed by atoms with Crippen molar-refractivity contribution in [3.8, 4) is 5.75 Å². The van der Waals surface area contributed by atoms with Gasteiger partial charge in [0.05, 0.1) is 5.92 Å². The largest absolute Gasteiger partial charge is 0.481 e. The number of aliphatic carboxylic acids is 1. The van der Waals surface area contributed by atoms with Gasteiger partial charge in [0.2, 0.25) is 0 Å². The Kier molecular flexibility index (Phi) is 4.88. The number of hydrogen-bond donors (Lipinski definition) is 2. The minimum atomic E-state index is -2.95. The second kappa shape index (κ2) is 6.18. The fraction of sp³-hybridized carbons (Fsp3) is 0.417.